The van der Waals surface area contributed by atoms with Crippen LogP contribution in [0.5, 0.6) is 0 Å². The molecule has 5 nitrogen and oxygen atoms in total. The first-order valence-corrected chi connectivity index (χ1v) is 7.44. The Hall–Kier alpha value is -1.88. The predicted octanol–water partition coefficient (Wildman–Crippen LogP) is 1.42. The Morgan fingerprint density at radius 1 is 1.43 bits per heavy atom. The number of anilines is 1. The number of rotatable bonds is 3. The fourth-order valence-corrected chi connectivity index (χ4v) is 3.47. The largest absolute Gasteiger partial charge is 0.480 e. The van der Waals surface area contributed by atoms with Crippen LogP contribution in [-0.4, -0.2) is 36.1 Å². The first-order chi connectivity index (χ1) is 10.1. The number of aliphatic carboxylic acids is 1. The lowest BCUT2D eigenvalue weighted by Gasteiger charge is -2.33. The van der Waals surface area contributed by atoms with Crippen LogP contribution < -0.4 is 10.2 Å². The summed E-state index contributed by atoms with van der Waals surface area (Å²) in [6, 6.07) is 6.72. The Kier molecular flexibility index (Phi) is 3.45. The Labute approximate surface area is 123 Å². The number of carbonyl (C=O) groups excluding carboxylic acids is 1. The lowest BCUT2D eigenvalue weighted by molar-refractivity contribution is -0.141. The molecule has 0 spiro atoms. The third-order valence-corrected chi connectivity index (χ3v) is 4.85. The maximum atomic E-state index is 13.1. The van der Waals surface area contributed by atoms with E-state index in [1.807, 2.05) is 31.2 Å². The van der Waals surface area contributed by atoms with Gasteiger partial charge in [0.15, 0.2) is 0 Å². The number of hydrogen-bond acceptors (Lipinski definition) is 3. The molecule has 0 aromatic heterocycles. The molecule has 0 saturated carbocycles. The van der Waals surface area contributed by atoms with Crippen molar-refractivity contribution in [2.75, 3.05) is 18.0 Å². The number of hydrogen-bond donors (Lipinski definition) is 2. The van der Waals surface area contributed by atoms with E-state index in [0.717, 1.165) is 30.6 Å². The van der Waals surface area contributed by atoms with Crippen molar-refractivity contribution < 1.29 is 14.7 Å². The highest BCUT2D eigenvalue weighted by atomic mass is 16.4. The van der Waals surface area contributed by atoms with Gasteiger partial charge >= 0.3 is 5.97 Å². The first kappa shape index (κ1) is 14.1. The third kappa shape index (κ3) is 2.12. The van der Waals surface area contributed by atoms with Crippen molar-refractivity contribution in [2.24, 2.45) is 5.41 Å². The number of nitrogens with zero attached hydrogens (tertiary/aromatic N) is 1. The van der Waals surface area contributed by atoms with Gasteiger partial charge in [-0.3, -0.25) is 9.69 Å². The van der Waals surface area contributed by atoms with E-state index in [1.165, 1.54) is 4.90 Å². The second-order valence-electron chi connectivity index (χ2n) is 5.92. The number of carboxylic acids is 1. The van der Waals surface area contributed by atoms with E-state index < -0.39 is 17.4 Å². The van der Waals surface area contributed by atoms with Gasteiger partial charge in [-0.05, 0) is 31.0 Å². The van der Waals surface area contributed by atoms with Crippen molar-refractivity contribution >= 4 is 17.6 Å². The third-order valence-electron chi connectivity index (χ3n) is 4.85. The molecule has 2 aliphatic heterocycles. The smallest absolute Gasteiger partial charge is 0.327 e. The SMILES string of the molecule is CCC1(C(=O)N2c3ccccc3C[C@H]2C(=O)O)CCNC1. The Balaban J connectivity index is 2.01. The molecule has 2 heterocycles. The van der Waals surface area contributed by atoms with E-state index in [0.29, 0.717) is 13.0 Å². The van der Waals surface area contributed by atoms with Gasteiger partial charge < -0.3 is 10.4 Å². The van der Waals surface area contributed by atoms with Gasteiger partial charge in [-0.15, -0.1) is 0 Å². The fraction of sp³-hybridized carbons (Fsp3) is 0.500. The summed E-state index contributed by atoms with van der Waals surface area (Å²) >= 11 is 0. The number of para-hydroxylation sites is 1. The van der Waals surface area contributed by atoms with Crippen LogP contribution in [0, 0.1) is 5.41 Å². The highest BCUT2D eigenvalue weighted by Gasteiger charge is 2.48. The zero-order valence-electron chi connectivity index (χ0n) is 12.1. The van der Waals surface area contributed by atoms with Crippen LogP contribution in [0.2, 0.25) is 0 Å². The van der Waals surface area contributed by atoms with Gasteiger partial charge in [0.2, 0.25) is 5.91 Å². The van der Waals surface area contributed by atoms with Crippen LogP contribution in [0.25, 0.3) is 0 Å². The molecule has 0 bridgehead atoms. The summed E-state index contributed by atoms with van der Waals surface area (Å²) in [7, 11) is 0. The van der Waals surface area contributed by atoms with E-state index in [4.69, 9.17) is 0 Å². The molecule has 5 heteroatoms. The molecule has 2 N–H and O–H groups in total. The highest BCUT2D eigenvalue weighted by molar-refractivity contribution is 6.04. The summed E-state index contributed by atoms with van der Waals surface area (Å²) in [5.41, 5.74) is 1.23. The van der Waals surface area contributed by atoms with Crippen LogP contribution in [0.15, 0.2) is 24.3 Å². The molecule has 1 fully saturated rings. The summed E-state index contributed by atoms with van der Waals surface area (Å²) in [5.74, 6) is -0.982. The number of carboxylic acid groups (broad SMARTS) is 1. The maximum absolute atomic E-state index is 13.1. The summed E-state index contributed by atoms with van der Waals surface area (Å²) in [6.45, 7) is 3.45. The first-order valence-electron chi connectivity index (χ1n) is 7.44. The number of benzene rings is 1. The van der Waals surface area contributed by atoms with Gasteiger partial charge in [-0.2, -0.15) is 0 Å². The Morgan fingerprint density at radius 2 is 2.19 bits per heavy atom. The molecule has 2 aliphatic rings. The van der Waals surface area contributed by atoms with Gasteiger partial charge in [-0.1, -0.05) is 25.1 Å². The molecule has 0 radical (unpaired) electrons. The van der Waals surface area contributed by atoms with E-state index in [9.17, 15) is 14.7 Å². The minimum absolute atomic E-state index is 0.0487. The van der Waals surface area contributed by atoms with Crippen LogP contribution >= 0.6 is 0 Å². The molecule has 21 heavy (non-hydrogen) atoms. The average Bonchev–Trinajstić information content (AvgIpc) is 3.11. The summed E-state index contributed by atoms with van der Waals surface area (Å²) < 4.78 is 0. The molecule has 1 unspecified atom stereocenters. The number of fused-ring (bicyclic) bond motifs is 1. The lowest BCUT2D eigenvalue weighted by atomic mass is 9.82. The van der Waals surface area contributed by atoms with Gasteiger partial charge in [0.1, 0.15) is 6.04 Å². The average molecular weight is 288 g/mol. The Bertz CT molecular complexity index is 579. The molecule has 2 atom stereocenters. The minimum Gasteiger partial charge on any atom is -0.480 e. The summed E-state index contributed by atoms with van der Waals surface area (Å²) in [4.78, 5) is 26.2. The molecule has 1 aromatic rings. The molecule has 112 valence electrons. The van der Waals surface area contributed by atoms with Crippen molar-refractivity contribution in [2.45, 2.75) is 32.2 Å². The number of carbonyl (C=O) groups is 2. The van der Waals surface area contributed by atoms with Crippen molar-refractivity contribution in [3.8, 4) is 0 Å². The molecule has 1 saturated heterocycles. The zero-order valence-corrected chi connectivity index (χ0v) is 12.1. The molecule has 1 amide bonds. The van der Waals surface area contributed by atoms with E-state index >= 15 is 0 Å². The number of nitrogens with one attached hydrogen (secondary N) is 1. The second kappa shape index (κ2) is 5.15. The van der Waals surface area contributed by atoms with Crippen LogP contribution in [0.3, 0.4) is 0 Å². The second-order valence-corrected chi connectivity index (χ2v) is 5.92. The van der Waals surface area contributed by atoms with Gasteiger partial charge in [0, 0.05) is 18.7 Å². The molecular formula is C16H20N2O3. The van der Waals surface area contributed by atoms with Crippen LogP contribution in [0.1, 0.15) is 25.3 Å². The van der Waals surface area contributed by atoms with Crippen molar-refractivity contribution in [1.82, 2.24) is 5.32 Å². The predicted molar refractivity (Wildman–Crippen MR) is 79.3 cm³/mol. The summed E-state index contributed by atoms with van der Waals surface area (Å²) in [5, 5.41) is 12.7. The van der Waals surface area contributed by atoms with Crippen LogP contribution in [-0.2, 0) is 16.0 Å². The normalized spacial score (nSPS) is 27.7. The number of amides is 1. The summed E-state index contributed by atoms with van der Waals surface area (Å²) in [6.07, 6.45) is 1.89. The zero-order chi connectivity index (χ0) is 15.0. The molecule has 0 aliphatic carbocycles. The van der Waals surface area contributed by atoms with Crippen molar-refractivity contribution in [3.63, 3.8) is 0 Å². The molecule has 3 rings (SSSR count). The monoisotopic (exact) mass is 288 g/mol. The Morgan fingerprint density at radius 3 is 2.81 bits per heavy atom. The quantitative estimate of drug-likeness (QED) is 0.882. The topological polar surface area (TPSA) is 69.6 Å². The van der Waals surface area contributed by atoms with Crippen molar-refractivity contribution in [1.29, 1.82) is 0 Å². The van der Waals surface area contributed by atoms with Crippen LogP contribution in [0.4, 0.5) is 5.69 Å². The molecule has 1 aromatic carbocycles. The highest BCUT2D eigenvalue weighted by Crippen LogP contribution is 2.39. The van der Waals surface area contributed by atoms with Gasteiger partial charge in [0.05, 0.1) is 5.41 Å². The van der Waals surface area contributed by atoms with Gasteiger partial charge in [0.25, 0.3) is 0 Å². The molecular weight excluding hydrogens is 268 g/mol. The maximum Gasteiger partial charge on any atom is 0.327 e. The minimum atomic E-state index is -0.934. The lowest BCUT2D eigenvalue weighted by Crippen LogP contribution is -2.51. The van der Waals surface area contributed by atoms with Gasteiger partial charge in [-0.25, -0.2) is 4.79 Å². The fourth-order valence-electron chi connectivity index (χ4n) is 3.47. The van der Waals surface area contributed by atoms with E-state index in [1.54, 1.807) is 0 Å². The van der Waals surface area contributed by atoms with Crippen molar-refractivity contribution in [3.05, 3.63) is 29.8 Å². The standard InChI is InChI=1S/C16H20N2O3/c1-2-16(7-8-17-10-16)15(21)18-12-6-4-3-5-11(12)9-13(18)14(19)20/h3-6,13,17H,2,7-10H2,1H3,(H,19,20)/t13-,16?/m0/s1. The van der Waals surface area contributed by atoms with E-state index in [-0.39, 0.29) is 5.91 Å². The van der Waals surface area contributed by atoms with E-state index in [2.05, 4.69) is 5.32 Å².